The zero-order chi connectivity index (χ0) is 11.1. The van der Waals surface area contributed by atoms with Gasteiger partial charge < -0.3 is 5.11 Å². The Morgan fingerprint density at radius 2 is 2.31 bits per heavy atom. The molecule has 3 rings (SSSR count). The number of carbonyl (C=O) groups is 1. The zero-order valence-corrected chi connectivity index (χ0v) is 9.59. The fourth-order valence-corrected chi connectivity index (χ4v) is 2.90. The van der Waals surface area contributed by atoms with E-state index in [0.29, 0.717) is 9.84 Å². The van der Waals surface area contributed by atoms with Crippen LogP contribution < -0.4 is 0 Å². The maximum absolute atomic E-state index is 10.8. The summed E-state index contributed by atoms with van der Waals surface area (Å²) in [5, 5.41) is 12.8. The van der Waals surface area contributed by atoms with E-state index in [1.165, 1.54) is 11.3 Å². The minimum absolute atomic E-state index is 0.305. The third-order valence-electron chi connectivity index (χ3n) is 2.18. The van der Waals surface area contributed by atoms with Gasteiger partial charge in [0.25, 0.3) is 0 Å². The molecule has 80 valence electrons. The molecule has 0 spiro atoms. The maximum Gasteiger partial charge on any atom is 0.347 e. The van der Waals surface area contributed by atoms with Crippen molar-refractivity contribution in [1.82, 2.24) is 9.38 Å². The van der Waals surface area contributed by atoms with Crippen LogP contribution in [0.1, 0.15) is 9.67 Å². The molecule has 3 aromatic rings. The molecule has 0 saturated carbocycles. The van der Waals surface area contributed by atoms with E-state index in [9.17, 15) is 4.79 Å². The van der Waals surface area contributed by atoms with Gasteiger partial charge in [-0.15, -0.1) is 0 Å². The smallest absolute Gasteiger partial charge is 0.347 e. The first kappa shape index (κ1) is 9.56. The lowest BCUT2D eigenvalue weighted by atomic mass is 10.3. The minimum Gasteiger partial charge on any atom is -0.477 e. The second-order valence-corrected chi connectivity index (χ2v) is 5.02. The summed E-state index contributed by atoms with van der Waals surface area (Å²) in [5.74, 6) is -0.910. The molecule has 0 radical (unpaired) electrons. The third-order valence-corrected chi connectivity index (χ3v) is 3.85. The lowest BCUT2D eigenvalue weighted by Crippen LogP contribution is -1.90. The molecular weight excluding hydrogens is 244 g/mol. The minimum atomic E-state index is -0.910. The lowest BCUT2D eigenvalue weighted by Gasteiger charge is -1.86. The Morgan fingerprint density at radius 1 is 1.44 bits per heavy atom. The molecular formula is C10H6N2O2S2. The molecule has 3 heterocycles. The second kappa shape index (κ2) is 3.43. The number of thiazole rings is 1. The summed E-state index contributed by atoms with van der Waals surface area (Å²) in [6, 6.07) is 2.00. The summed E-state index contributed by atoms with van der Waals surface area (Å²) in [6.07, 6.45) is 3.44. The number of aromatic carboxylic acids is 1. The van der Waals surface area contributed by atoms with Gasteiger partial charge in [0, 0.05) is 23.3 Å². The highest BCUT2D eigenvalue weighted by Gasteiger charge is 2.11. The van der Waals surface area contributed by atoms with Crippen LogP contribution in [0.15, 0.2) is 29.2 Å². The van der Waals surface area contributed by atoms with Gasteiger partial charge in [0.15, 0.2) is 4.96 Å². The Labute approximate surface area is 98.4 Å². The van der Waals surface area contributed by atoms with Crippen molar-refractivity contribution in [3.05, 3.63) is 34.1 Å². The van der Waals surface area contributed by atoms with Gasteiger partial charge in [-0.25, -0.2) is 9.78 Å². The van der Waals surface area contributed by atoms with Crippen LogP contribution in [0.4, 0.5) is 0 Å². The molecule has 3 aromatic heterocycles. The van der Waals surface area contributed by atoms with Crippen molar-refractivity contribution in [2.45, 2.75) is 0 Å². The highest BCUT2D eigenvalue weighted by Crippen LogP contribution is 2.25. The average Bonchev–Trinajstić information content (AvgIpc) is 2.91. The highest BCUT2D eigenvalue weighted by atomic mass is 32.1. The average molecular weight is 250 g/mol. The summed E-state index contributed by atoms with van der Waals surface area (Å²) in [4.78, 5) is 16.1. The van der Waals surface area contributed by atoms with E-state index >= 15 is 0 Å². The number of rotatable bonds is 2. The Hall–Kier alpha value is -1.66. The van der Waals surface area contributed by atoms with Crippen molar-refractivity contribution >= 4 is 33.6 Å². The topological polar surface area (TPSA) is 54.6 Å². The Kier molecular flexibility index (Phi) is 2.05. The summed E-state index contributed by atoms with van der Waals surface area (Å²) < 4.78 is 1.75. The van der Waals surface area contributed by atoms with Crippen molar-refractivity contribution in [2.75, 3.05) is 0 Å². The van der Waals surface area contributed by atoms with Gasteiger partial charge in [-0.2, -0.15) is 11.3 Å². The van der Waals surface area contributed by atoms with Crippen molar-refractivity contribution in [1.29, 1.82) is 0 Å². The van der Waals surface area contributed by atoms with Crippen molar-refractivity contribution in [3.63, 3.8) is 0 Å². The number of carboxylic acids is 1. The molecule has 0 aliphatic heterocycles. The fourth-order valence-electron chi connectivity index (χ4n) is 1.44. The summed E-state index contributed by atoms with van der Waals surface area (Å²) in [6.45, 7) is 0. The third kappa shape index (κ3) is 1.43. The molecule has 0 saturated heterocycles. The quantitative estimate of drug-likeness (QED) is 0.761. The molecule has 0 bridgehead atoms. The molecule has 16 heavy (non-hydrogen) atoms. The molecule has 1 N–H and O–H groups in total. The molecule has 0 atom stereocenters. The van der Waals surface area contributed by atoms with Gasteiger partial charge in [0.05, 0.1) is 5.69 Å². The van der Waals surface area contributed by atoms with E-state index in [1.54, 1.807) is 21.9 Å². The lowest BCUT2D eigenvalue weighted by molar-refractivity contribution is 0.0702. The van der Waals surface area contributed by atoms with Crippen LogP contribution in [-0.4, -0.2) is 20.5 Å². The molecule has 0 amide bonds. The molecule has 0 unspecified atom stereocenters. The Morgan fingerprint density at radius 3 is 2.94 bits per heavy atom. The normalized spacial score (nSPS) is 11.0. The van der Waals surface area contributed by atoms with Crippen LogP contribution in [0.2, 0.25) is 0 Å². The first-order valence-electron chi connectivity index (χ1n) is 4.48. The second-order valence-electron chi connectivity index (χ2n) is 3.23. The highest BCUT2D eigenvalue weighted by molar-refractivity contribution is 7.18. The van der Waals surface area contributed by atoms with Crippen molar-refractivity contribution < 1.29 is 9.90 Å². The molecule has 0 aliphatic rings. The van der Waals surface area contributed by atoms with E-state index in [-0.39, 0.29) is 0 Å². The zero-order valence-electron chi connectivity index (χ0n) is 7.95. The van der Waals surface area contributed by atoms with Crippen LogP contribution >= 0.6 is 22.7 Å². The molecule has 0 fully saturated rings. The van der Waals surface area contributed by atoms with Crippen molar-refractivity contribution in [3.8, 4) is 11.3 Å². The van der Waals surface area contributed by atoms with E-state index in [1.807, 2.05) is 23.0 Å². The number of fused-ring (bicyclic) bond motifs is 1. The van der Waals surface area contributed by atoms with Crippen LogP contribution in [0, 0.1) is 0 Å². The van der Waals surface area contributed by atoms with Crippen LogP contribution in [0.5, 0.6) is 0 Å². The molecule has 6 heteroatoms. The molecule has 4 nitrogen and oxygen atoms in total. The van der Waals surface area contributed by atoms with Gasteiger partial charge in [0.1, 0.15) is 4.88 Å². The van der Waals surface area contributed by atoms with Gasteiger partial charge in [-0.05, 0) is 11.4 Å². The number of hydrogen-bond acceptors (Lipinski definition) is 4. The predicted octanol–water partition coefficient (Wildman–Crippen LogP) is 2.82. The summed E-state index contributed by atoms with van der Waals surface area (Å²) in [7, 11) is 0. The van der Waals surface area contributed by atoms with E-state index in [0.717, 1.165) is 11.3 Å². The first-order chi connectivity index (χ1) is 7.74. The number of imidazole rings is 1. The van der Waals surface area contributed by atoms with E-state index < -0.39 is 5.97 Å². The predicted molar refractivity (Wildman–Crippen MR) is 63.3 cm³/mol. The molecule has 0 aliphatic carbocycles. The standard InChI is InChI=1S/C10H6N2O2S2/c13-9(14)8-4-12-3-7(11-10(12)16-8)6-1-2-15-5-6/h1-5H,(H,13,14). The largest absolute Gasteiger partial charge is 0.477 e. The molecule has 0 aromatic carbocycles. The van der Waals surface area contributed by atoms with Crippen LogP contribution in [0.25, 0.3) is 16.2 Å². The Balaban J connectivity index is 2.12. The number of hydrogen-bond donors (Lipinski definition) is 1. The summed E-state index contributed by atoms with van der Waals surface area (Å²) >= 11 is 2.79. The number of aromatic nitrogens is 2. The van der Waals surface area contributed by atoms with Crippen LogP contribution in [-0.2, 0) is 0 Å². The van der Waals surface area contributed by atoms with Gasteiger partial charge in [-0.1, -0.05) is 11.3 Å². The maximum atomic E-state index is 10.8. The first-order valence-corrected chi connectivity index (χ1v) is 6.24. The van der Waals surface area contributed by atoms with E-state index in [2.05, 4.69) is 4.98 Å². The fraction of sp³-hybridized carbons (Fsp3) is 0. The van der Waals surface area contributed by atoms with Crippen molar-refractivity contribution in [2.24, 2.45) is 0 Å². The number of nitrogens with zero attached hydrogens (tertiary/aromatic N) is 2. The van der Waals surface area contributed by atoms with E-state index in [4.69, 9.17) is 5.11 Å². The van der Waals surface area contributed by atoms with Gasteiger partial charge in [-0.3, -0.25) is 4.40 Å². The SMILES string of the molecule is O=C(O)c1cn2cc(-c3ccsc3)nc2s1. The monoisotopic (exact) mass is 250 g/mol. The van der Waals surface area contributed by atoms with Gasteiger partial charge in [0.2, 0.25) is 0 Å². The van der Waals surface area contributed by atoms with Gasteiger partial charge >= 0.3 is 5.97 Å². The summed E-state index contributed by atoms with van der Waals surface area (Å²) in [5.41, 5.74) is 1.95. The van der Waals surface area contributed by atoms with Crippen LogP contribution in [0.3, 0.4) is 0 Å². The Bertz CT molecular complexity index is 620. The number of thiophene rings is 1. The number of carboxylic acid groups (broad SMARTS) is 1.